The Morgan fingerprint density at radius 1 is 1.47 bits per heavy atom. The van der Waals surface area contributed by atoms with Crippen molar-refractivity contribution in [2.75, 3.05) is 20.2 Å². The molecule has 0 aromatic heterocycles. The summed E-state index contributed by atoms with van der Waals surface area (Å²) in [6, 6.07) is 10.5. The minimum atomic E-state index is 0.191. The number of amidine groups is 1. The summed E-state index contributed by atoms with van der Waals surface area (Å²) in [6.07, 6.45) is 3.14. The van der Waals surface area contributed by atoms with E-state index in [4.69, 9.17) is 15.9 Å². The van der Waals surface area contributed by atoms with Crippen LogP contribution in [0.3, 0.4) is 0 Å². The highest BCUT2D eigenvalue weighted by Gasteiger charge is 2.27. The topological polar surface area (TPSA) is 62.3 Å². The zero-order chi connectivity index (χ0) is 13.7. The van der Waals surface area contributed by atoms with E-state index in [1.54, 1.807) is 7.11 Å². The standard InChI is InChI=1S/C15H23N3O/c1-19-13-8-5-9-18(11-13)14(10-15(16)17)12-6-3-2-4-7-12/h2-4,6-7,13-14H,5,8-11H2,1H3,(H3,16,17). The molecule has 1 aromatic rings. The van der Waals surface area contributed by atoms with Crippen molar-refractivity contribution in [1.29, 1.82) is 5.41 Å². The van der Waals surface area contributed by atoms with Gasteiger partial charge in [-0.1, -0.05) is 30.3 Å². The molecule has 2 rings (SSSR count). The highest BCUT2D eigenvalue weighted by atomic mass is 16.5. The van der Waals surface area contributed by atoms with E-state index in [1.165, 1.54) is 5.56 Å². The summed E-state index contributed by atoms with van der Waals surface area (Å²) in [7, 11) is 1.77. The average molecular weight is 261 g/mol. The minimum absolute atomic E-state index is 0.191. The maximum absolute atomic E-state index is 7.61. The third-order valence-electron chi connectivity index (χ3n) is 3.78. The minimum Gasteiger partial charge on any atom is -0.388 e. The molecule has 4 nitrogen and oxygen atoms in total. The third kappa shape index (κ3) is 3.78. The lowest BCUT2D eigenvalue weighted by Gasteiger charge is -2.38. The van der Waals surface area contributed by atoms with Gasteiger partial charge in [0.05, 0.1) is 11.9 Å². The Bertz CT molecular complexity index is 407. The molecule has 4 heteroatoms. The van der Waals surface area contributed by atoms with Crippen molar-refractivity contribution in [3.63, 3.8) is 0 Å². The van der Waals surface area contributed by atoms with Crippen LogP contribution in [0.2, 0.25) is 0 Å². The van der Waals surface area contributed by atoms with Gasteiger partial charge < -0.3 is 10.5 Å². The third-order valence-corrected chi connectivity index (χ3v) is 3.78. The van der Waals surface area contributed by atoms with Crippen LogP contribution < -0.4 is 5.73 Å². The summed E-state index contributed by atoms with van der Waals surface area (Å²) < 4.78 is 5.49. The van der Waals surface area contributed by atoms with Crippen LogP contribution in [0.25, 0.3) is 0 Å². The maximum Gasteiger partial charge on any atom is 0.0924 e. The zero-order valence-corrected chi connectivity index (χ0v) is 11.5. The zero-order valence-electron chi connectivity index (χ0n) is 11.5. The van der Waals surface area contributed by atoms with Gasteiger partial charge in [0.2, 0.25) is 0 Å². The molecule has 0 amide bonds. The van der Waals surface area contributed by atoms with Crippen LogP contribution in [-0.4, -0.2) is 37.0 Å². The molecule has 1 heterocycles. The predicted molar refractivity (Wildman–Crippen MR) is 77.3 cm³/mol. The van der Waals surface area contributed by atoms with E-state index >= 15 is 0 Å². The molecule has 0 radical (unpaired) electrons. The summed E-state index contributed by atoms with van der Waals surface area (Å²) in [4.78, 5) is 2.40. The summed E-state index contributed by atoms with van der Waals surface area (Å²) in [5, 5.41) is 7.61. The van der Waals surface area contributed by atoms with Crippen molar-refractivity contribution in [3.05, 3.63) is 35.9 Å². The largest absolute Gasteiger partial charge is 0.388 e. The first-order chi connectivity index (χ1) is 9.20. The van der Waals surface area contributed by atoms with Crippen molar-refractivity contribution >= 4 is 5.84 Å². The van der Waals surface area contributed by atoms with E-state index in [1.807, 2.05) is 18.2 Å². The first-order valence-electron chi connectivity index (χ1n) is 6.85. The Hall–Kier alpha value is -1.39. The maximum atomic E-state index is 7.61. The molecule has 1 aliphatic rings. The summed E-state index contributed by atoms with van der Waals surface area (Å²) in [6.45, 7) is 1.97. The SMILES string of the molecule is COC1CCCN(C(CC(=N)N)c2ccccc2)C1. The second-order valence-electron chi connectivity index (χ2n) is 5.15. The first kappa shape index (κ1) is 14.0. The molecular weight excluding hydrogens is 238 g/mol. The van der Waals surface area contributed by atoms with E-state index in [0.717, 1.165) is 25.9 Å². The van der Waals surface area contributed by atoms with Gasteiger partial charge in [-0.3, -0.25) is 10.3 Å². The van der Waals surface area contributed by atoms with Crippen molar-refractivity contribution in [2.45, 2.75) is 31.4 Å². The van der Waals surface area contributed by atoms with Gasteiger partial charge in [0.15, 0.2) is 0 Å². The Morgan fingerprint density at radius 3 is 2.84 bits per heavy atom. The summed E-state index contributed by atoms with van der Waals surface area (Å²) in [5.74, 6) is 0.244. The molecule has 2 atom stereocenters. The van der Waals surface area contributed by atoms with Crippen LogP contribution in [0.5, 0.6) is 0 Å². The van der Waals surface area contributed by atoms with E-state index in [-0.39, 0.29) is 11.9 Å². The van der Waals surface area contributed by atoms with Crippen molar-refractivity contribution in [1.82, 2.24) is 4.90 Å². The van der Waals surface area contributed by atoms with Gasteiger partial charge in [-0.15, -0.1) is 0 Å². The second-order valence-corrected chi connectivity index (χ2v) is 5.15. The van der Waals surface area contributed by atoms with Crippen molar-refractivity contribution in [3.8, 4) is 0 Å². The van der Waals surface area contributed by atoms with Crippen LogP contribution in [0.1, 0.15) is 30.9 Å². The monoisotopic (exact) mass is 261 g/mol. The Balaban J connectivity index is 2.15. The molecule has 0 aliphatic carbocycles. The number of piperidine rings is 1. The van der Waals surface area contributed by atoms with Gasteiger partial charge in [0.1, 0.15) is 0 Å². The number of benzene rings is 1. The Kier molecular flexibility index (Phi) is 4.93. The fourth-order valence-corrected chi connectivity index (χ4v) is 2.78. The number of methoxy groups -OCH3 is 1. The molecule has 1 aliphatic heterocycles. The average Bonchev–Trinajstić information content (AvgIpc) is 2.45. The van der Waals surface area contributed by atoms with Gasteiger partial charge in [-0.25, -0.2) is 0 Å². The van der Waals surface area contributed by atoms with E-state index < -0.39 is 0 Å². The van der Waals surface area contributed by atoms with E-state index in [2.05, 4.69) is 17.0 Å². The molecule has 19 heavy (non-hydrogen) atoms. The number of hydrogen-bond donors (Lipinski definition) is 2. The lowest BCUT2D eigenvalue weighted by molar-refractivity contribution is 0.0151. The number of likely N-dealkylation sites (tertiary alicyclic amines) is 1. The van der Waals surface area contributed by atoms with E-state index in [0.29, 0.717) is 12.5 Å². The fraction of sp³-hybridized carbons (Fsp3) is 0.533. The quantitative estimate of drug-likeness (QED) is 0.630. The number of nitrogens with zero attached hydrogens (tertiary/aromatic N) is 1. The normalized spacial score (nSPS) is 22.1. The number of rotatable bonds is 5. The van der Waals surface area contributed by atoms with Gasteiger partial charge in [0.25, 0.3) is 0 Å². The summed E-state index contributed by atoms with van der Waals surface area (Å²) >= 11 is 0. The number of nitrogens with one attached hydrogen (secondary N) is 1. The van der Waals surface area contributed by atoms with Crippen LogP contribution in [-0.2, 0) is 4.74 Å². The lowest BCUT2D eigenvalue weighted by atomic mass is 9.97. The lowest BCUT2D eigenvalue weighted by Crippen LogP contribution is -2.42. The highest BCUT2D eigenvalue weighted by molar-refractivity contribution is 5.77. The number of nitrogens with two attached hydrogens (primary N) is 1. The smallest absolute Gasteiger partial charge is 0.0924 e. The molecule has 0 saturated carbocycles. The van der Waals surface area contributed by atoms with Gasteiger partial charge in [-0.2, -0.15) is 0 Å². The Morgan fingerprint density at radius 2 is 2.21 bits per heavy atom. The summed E-state index contributed by atoms with van der Waals surface area (Å²) in [5.41, 5.74) is 6.86. The molecule has 1 saturated heterocycles. The number of ether oxygens (including phenoxy) is 1. The van der Waals surface area contributed by atoms with Crippen LogP contribution >= 0.6 is 0 Å². The van der Waals surface area contributed by atoms with Crippen LogP contribution in [0.15, 0.2) is 30.3 Å². The molecule has 3 N–H and O–H groups in total. The molecule has 0 spiro atoms. The highest BCUT2D eigenvalue weighted by Crippen LogP contribution is 2.28. The first-order valence-corrected chi connectivity index (χ1v) is 6.85. The predicted octanol–water partition coefficient (Wildman–Crippen LogP) is 2.16. The molecular formula is C15H23N3O. The Labute approximate surface area is 115 Å². The molecule has 1 aromatic carbocycles. The molecule has 2 unspecified atom stereocenters. The van der Waals surface area contributed by atoms with Crippen LogP contribution in [0, 0.1) is 5.41 Å². The van der Waals surface area contributed by atoms with Gasteiger partial charge in [0, 0.05) is 26.1 Å². The van der Waals surface area contributed by atoms with Crippen LogP contribution in [0.4, 0.5) is 0 Å². The molecule has 0 bridgehead atoms. The van der Waals surface area contributed by atoms with Gasteiger partial charge in [-0.05, 0) is 24.9 Å². The van der Waals surface area contributed by atoms with E-state index in [9.17, 15) is 0 Å². The second kappa shape index (κ2) is 6.68. The molecule has 104 valence electrons. The van der Waals surface area contributed by atoms with Crippen molar-refractivity contribution < 1.29 is 4.74 Å². The molecule has 1 fully saturated rings. The fourth-order valence-electron chi connectivity index (χ4n) is 2.78. The van der Waals surface area contributed by atoms with Crippen molar-refractivity contribution in [2.24, 2.45) is 5.73 Å². The number of hydrogen-bond acceptors (Lipinski definition) is 3. The van der Waals surface area contributed by atoms with Gasteiger partial charge >= 0.3 is 0 Å².